The molecule has 0 saturated carbocycles. The lowest BCUT2D eigenvalue weighted by Gasteiger charge is -2.26. The summed E-state index contributed by atoms with van der Waals surface area (Å²) in [5, 5.41) is 6.03. The molecule has 0 aliphatic carbocycles. The second kappa shape index (κ2) is 9.97. The number of rotatable bonds is 6. The fourth-order valence-corrected chi connectivity index (χ4v) is 5.58. The van der Waals surface area contributed by atoms with Crippen molar-refractivity contribution in [3.8, 4) is 0 Å². The number of aromatic nitrogens is 1. The lowest BCUT2D eigenvalue weighted by molar-refractivity contribution is -0.124. The molecule has 1 aromatic carbocycles. The van der Waals surface area contributed by atoms with Crippen LogP contribution in [-0.4, -0.2) is 44.6 Å². The number of carbonyl (C=O) groups excluding carboxylic acids is 1. The second-order valence-electron chi connectivity index (χ2n) is 8.07. The molecule has 0 radical (unpaired) electrons. The summed E-state index contributed by atoms with van der Waals surface area (Å²) in [5.74, 6) is -1.19. The fourth-order valence-electron chi connectivity index (χ4n) is 4.11. The molecule has 3 unspecified atom stereocenters. The predicted octanol–water partition coefficient (Wildman–Crippen LogP) is 2.93. The van der Waals surface area contributed by atoms with Crippen molar-refractivity contribution in [1.82, 2.24) is 19.9 Å². The fraction of sp³-hybridized carbons (Fsp3) is 0.391. The summed E-state index contributed by atoms with van der Waals surface area (Å²) >= 11 is 0. The molecule has 3 heterocycles. The van der Waals surface area contributed by atoms with Gasteiger partial charge in [-0.15, -0.1) is 0 Å². The van der Waals surface area contributed by atoms with Crippen LogP contribution in [-0.2, 0) is 22.3 Å². The van der Waals surface area contributed by atoms with Gasteiger partial charge in [0, 0.05) is 24.7 Å². The molecule has 1 aromatic heterocycles. The van der Waals surface area contributed by atoms with Crippen molar-refractivity contribution in [3.05, 3.63) is 65.5 Å². The summed E-state index contributed by atoms with van der Waals surface area (Å²) in [7, 11) is -1.60. The average Bonchev–Trinajstić information content (AvgIpc) is 3.20. The van der Waals surface area contributed by atoms with Gasteiger partial charge in [-0.05, 0) is 68.6 Å². The summed E-state index contributed by atoms with van der Waals surface area (Å²) in [6.07, 6.45) is 5.29. The maximum Gasteiger partial charge on any atom is 0.238 e. The van der Waals surface area contributed by atoms with E-state index in [0.717, 1.165) is 25.1 Å². The molecular weight excluding hydrogens is 434 g/mol. The first-order valence-corrected chi connectivity index (χ1v) is 11.8. The Bertz CT molecular complexity index is 1040. The third kappa shape index (κ3) is 4.95. The van der Waals surface area contributed by atoms with Crippen molar-refractivity contribution in [3.63, 3.8) is 0 Å². The third-order valence-electron chi connectivity index (χ3n) is 5.89. The number of benzene rings is 1. The first-order valence-electron chi connectivity index (χ1n) is 10.7. The largest absolute Gasteiger partial charge is 0.351 e. The SMILES string of the molecule is CC1CCC(C(=O)NCc2cc(C3=CCNCC3)ncc2F)N1S(=O)c1ccc(F)cc1. The Balaban J connectivity index is 1.45. The van der Waals surface area contributed by atoms with Crippen molar-refractivity contribution < 1.29 is 17.8 Å². The molecule has 2 aliphatic rings. The number of amides is 1. The van der Waals surface area contributed by atoms with E-state index in [-0.39, 0.29) is 18.5 Å². The summed E-state index contributed by atoms with van der Waals surface area (Å²) in [5.41, 5.74) is 2.13. The van der Waals surface area contributed by atoms with Gasteiger partial charge in [-0.2, -0.15) is 0 Å². The van der Waals surface area contributed by atoms with Gasteiger partial charge in [0.2, 0.25) is 5.91 Å². The van der Waals surface area contributed by atoms with E-state index in [1.807, 2.05) is 13.0 Å². The molecule has 3 atom stereocenters. The van der Waals surface area contributed by atoms with E-state index in [9.17, 15) is 17.8 Å². The van der Waals surface area contributed by atoms with Crippen LogP contribution >= 0.6 is 0 Å². The summed E-state index contributed by atoms with van der Waals surface area (Å²) in [4.78, 5) is 17.6. The van der Waals surface area contributed by atoms with E-state index in [4.69, 9.17) is 0 Å². The van der Waals surface area contributed by atoms with Crippen molar-refractivity contribution in [2.45, 2.75) is 49.7 Å². The Hall–Kier alpha value is -2.49. The van der Waals surface area contributed by atoms with E-state index < -0.39 is 28.7 Å². The van der Waals surface area contributed by atoms with Crippen molar-refractivity contribution in [2.75, 3.05) is 13.1 Å². The standard InChI is InChI=1S/C23H26F2N4O2S/c1-15-2-7-22(29(15)32(31)19-5-3-18(24)4-6-19)23(30)28-13-17-12-21(27-14-20(17)25)16-8-10-26-11-9-16/h3-6,8,12,14-15,22,26H,2,7,9-11,13H2,1H3,(H,28,30). The topological polar surface area (TPSA) is 74.3 Å². The van der Waals surface area contributed by atoms with Gasteiger partial charge in [-0.1, -0.05) is 6.08 Å². The first kappa shape index (κ1) is 22.7. The van der Waals surface area contributed by atoms with Crippen LogP contribution < -0.4 is 10.6 Å². The molecule has 9 heteroatoms. The molecule has 4 rings (SSSR count). The molecule has 1 fully saturated rings. The Labute approximate surface area is 188 Å². The van der Waals surface area contributed by atoms with Gasteiger partial charge in [-0.25, -0.2) is 17.3 Å². The van der Waals surface area contributed by atoms with Crippen molar-refractivity contribution in [2.24, 2.45) is 0 Å². The number of carbonyl (C=O) groups is 1. The van der Waals surface area contributed by atoms with Crippen LogP contribution in [0, 0.1) is 11.6 Å². The van der Waals surface area contributed by atoms with Gasteiger partial charge >= 0.3 is 0 Å². The van der Waals surface area contributed by atoms with E-state index in [1.165, 1.54) is 30.5 Å². The average molecular weight is 461 g/mol. The number of nitrogens with one attached hydrogen (secondary N) is 2. The Morgan fingerprint density at radius 3 is 2.78 bits per heavy atom. The molecule has 2 aliphatic heterocycles. The van der Waals surface area contributed by atoms with Crippen LogP contribution in [0.2, 0.25) is 0 Å². The minimum absolute atomic E-state index is 0.0214. The van der Waals surface area contributed by atoms with Gasteiger partial charge < -0.3 is 10.6 Å². The van der Waals surface area contributed by atoms with Gasteiger partial charge in [-0.3, -0.25) is 9.78 Å². The van der Waals surface area contributed by atoms with Crippen LogP contribution in [0.3, 0.4) is 0 Å². The number of nitrogens with zero attached hydrogens (tertiary/aromatic N) is 2. The van der Waals surface area contributed by atoms with E-state index in [1.54, 1.807) is 10.4 Å². The lowest BCUT2D eigenvalue weighted by Crippen LogP contribution is -2.46. The van der Waals surface area contributed by atoms with Crippen LogP contribution in [0.5, 0.6) is 0 Å². The van der Waals surface area contributed by atoms with Crippen molar-refractivity contribution >= 4 is 22.5 Å². The monoisotopic (exact) mass is 460 g/mol. The lowest BCUT2D eigenvalue weighted by atomic mass is 10.0. The van der Waals surface area contributed by atoms with Gasteiger partial charge in [0.25, 0.3) is 0 Å². The molecule has 1 saturated heterocycles. The molecule has 6 nitrogen and oxygen atoms in total. The molecule has 1 amide bonds. The van der Waals surface area contributed by atoms with Crippen LogP contribution in [0.25, 0.3) is 5.57 Å². The van der Waals surface area contributed by atoms with Crippen LogP contribution in [0.15, 0.2) is 47.5 Å². The normalized spacial score (nSPS) is 22.4. The molecule has 2 N–H and O–H groups in total. The molecule has 0 spiro atoms. The van der Waals surface area contributed by atoms with Crippen molar-refractivity contribution in [1.29, 1.82) is 0 Å². The Morgan fingerprint density at radius 1 is 1.28 bits per heavy atom. The quantitative estimate of drug-likeness (QED) is 0.695. The van der Waals surface area contributed by atoms with E-state index >= 15 is 0 Å². The zero-order valence-electron chi connectivity index (χ0n) is 17.8. The van der Waals surface area contributed by atoms with Gasteiger partial charge in [0.15, 0.2) is 0 Å². The zero-order chi connectivity index (χ0) is 22.7. The highest BCUT2D eigenvalue weighted by Gasteiger charge is 2.39. The van der Waals surface area contributed by atoms with Gasteiger partial charge in [0.1, 0.15) is 28.7 Å². The number of hydrogen-bond donors (Lipinski definition) is 2. The minimum atomic E-state index is -1.60. The van der Waals surface area contributed by atoms with E-state index in [2.05, 4.69) is 15.6 Å². The molecule has 170 valence electrons. The Morgan fingerprint density at radius 2 is 2.06 bits per heavy atom. The first-order chi connectivity index (χ1) is 15.4. The molecular formula is C23H26F2N4O2S. The van der Waals surface area contributed by atoms with Gasteiger partial charge in [0.05, 0.1) is 16.8 Å². The highest BCUT2D eigenvalue weighted by Crippen LogP contribution is 2.29. The summed E-state index contributed by atoms with van der Waals surface area (Å²) in [6.45, 7) is 3.53. The maximum absolute atomic E-state index is 14.4. The highest BCUT2D eigenvalue weighted by atomic mass is 32.2. The number of pyridine rings is 1. The van der Waals surface area contributed by atoms with E-state index in [0.29, 0.717) is 29.0 Å². The maximum atomic E-state index is 14.4. The zero-order valence-corrected chi connectivity index (χ0v) is 18.6. The summed E-state index contributed by atoms with van der Waals surface area (Å²) < 4.78 is 42.3. The number of halogens is 2. The van der Waals surface area contributed by atoms with Crippen LogP contribution in [0.4, 0.5) is 8.78 Å². The second-order valence-corrected chi connectivity index (χ2v) is 9.46. The summed E-state index contributed by atoms with van der Waals surface area (Å²) in [6, 6.07) is 6.44. The third-order valence-corrected chi connectivity index (χ3v) is 7.56. The molecule has 32 heavy (non-hydrogen) atoms. The minimum Gasteiger partial charge on any atom is -0.351 e. The Kier molecular flexibility index (Phi) is 7.07. The predicted molar refractivity (Wildman–Crippen MR) is 119 cm³/mol. The molecule has 0 bridgehead atoms. The molecule has 2 aromatic rings. The van der Waals surface area contributed by atoms with Crippen LogP contribution in [0.1, 0.15) is 37.4 Å². The number of hydrogen-bond acceptors (Lipinski definition) is 4. The smallest absolute Gasteiger partial charge is 0.238 e. The highest BCUT2D eigenvalue weighted by molar-refractivity contribution is 7.82.